The molecule has 390 valence electrons. The van der Waals surface area contributed by atoms with E-state index in [-0.39, 0.29) is 12.8 Å². The van der Waals surface area contributed by atoms with Crippen molar-refractivity contribution in [1.29, 1.82) is 0 Å². The van der Waals surface area contributed by atoms with Crippen LogP contribution < -0.4 is 0 Å². The number of aliphatic hydroxyl groups is 4. The molecule has 10 atom stereocenters. The summed E-state index contributed by atoms with van der Waals surface area (Å²) < 4.78 is 55.1. The van der Waals surface area contributed by atoms with E-state index in [9.17, 15) is 53.8 Å². The molecule has 17 nitrogen and oxygen atoms in total. The molecule has 0 radical (unpaired) electrons. The topological polar surface area (TPSA) is 269 Å². The first-order valence-corrected chi connectivity index (χ1v) is 27.6. The summed E-state index contributed by atoms with van der Waals surface area (Å²) in [4.78, 5) is 54.3. The summed E-state index contributed by atoms with van der Waals surface area (Å²) in [7, 11) is -10.7. The van der Waals surface area contributed by atoms with Crippen molar-refractivity contribution in [3.05, 3.63) is 72.9 Å². The van der Waals surface area contributed by atoms with Crippen LogP contribution in [0, 0.1) is 0 Å². The summed E-state index contributed by atoms with van der Waals surface area (Å²) in [5.41, 5.74) is 0. The maximum atomic E-state index is 13.0. The lowest BCUT2D eigenvalue weighted by Gasteiger charge is -2.43. The van der Waals surface area contributed by atoms with Gasteiger partial charge >= 0.3 is 27.6 Å². The Morgan fingerprint density at radius 2 is 1.06 bits per heavy atom. The molecule has 0 bridgehead atoms. The molecule has 19 heteroatoms. The van der Waals surface area contributed by atoms with E-state index in [0.29, 0.717) is 31.5 Å². The minimum atomic E-state index is -5.38. The Hall–Kier alpha value is -2.60. The number of ether oxygens (including phenoxy) is 3. The van der Waals surface area contributed by atoms with Gasteiger partial charge in [0.25, 0.3) is 0 Å². The Morgan fingerprint density at radius 1 is 0.544 bits per heavy atom. The lowest BCUT2D eigenvalue weighted by molar-refractivity contribution is -0.216. The molecule has 1 saturated heterocycles. The molecular weight excluding hydrogens is 922 g/mol. The molecule has 68 heavy (non-hydrogen) atoms. The quantitative estimate of drug-likeness (QED) is 0.00998. The number of esters is 2. The highest BCUT2D eigenvalue weighted by Crippen LogP contribution is 2.49. The number of phosphoric ester groups is 2. The number of rotatable bonds is 39. The van der Waals surface area contributed by atoms with Gasteiger partial charge in [0.1, 0.15) is 43.2 Å². The number of carbonyl (C=O) groups is 2. The predicted octanol–water partition coefficient (Wildman–Crippen LogP) is 8.61. The smallest absolute Gasteiger partial charge is 0.462 e. The Balaban J connectivity index is 1.81. The Kier molecular flexibility index (Phi) is 32.9. The lowest BCUT2D eigenvalue weighted by atomic mass is 9.85. The van der Waals surface area contributed by atoms with E-state index in [1.54, 1.807) is 0 Å². The highest BCUT2D eigenvalue weighted by Gasteiger charge is 2.54. The third kappa shape index (κ3) is 29.6. The molecule has 0 aromatic rings. The van der Waals surface area contributed by atoms with E-state index < -0.39 is 83.5 Å². The predicted molar refractivity (Wildman–Crippen MR) is 259 cm³/mol. The van der Waals surface area contributed by atoms with Crippen LogP contribution in [-0.4, -0.2) is 115 Å². The molecule has 0 aromatic carbocycles. The molecule has 1 saturated carbocycles. The summed E-state index contributed by atoms with van der Waals surface area (Å²) in [6, 6.07) is 0. The normalized spacial score (nSPS) is 24.8. The van der Waals surface area contributed by atoms with Crippen LogP contribution in [0.4, 0.5) is 0 Å². The second kappa shape index (κ2) is 36.3. The van der Waals surface area contributed by atoms with Gasteiger partial charge in [-0.2, -0.15) is 0 Å². The molecule has 7 unspecified atom stereocenters. The van der Waals surface area contributed by atoms with E-state index in [1.807, 2.05) is 18.2 Å². The Bertz CT molecular complexity index is 1660. The van der Waals surface area contributed by atoms with Gasteiger partial charge in [-0.15, -0.1) is 0 Å². The number of aliphatic hydroxyl groups excluding tert-OH is 4. The number of epoxide rings is 1. The van der Waals surface area contributed by atoms with Gasteiger partial charge in [0, 0.05) is 12.8 Å². The SMILES string of the molecule is CCCCC/C=C\C/C=C\C/C=C\C/C=C\C/C=C\CCC(=O)OC[C@H](COP(=O)(O)O[C@H]1C(O)C(O)C(O)[C@@H](OP(=O)(O)O)C1O)OC(=O)CCCCCCC/C=C\CC1OC1CCCCC. The lowest BCUT2D eigenvalue weighted by Crippen LogP contribution is -2.64. The van der Waals surface area contributed by atoms with Crippen molar-refractivity contribution in [2.45, 2.75) is 210 Å². The zero-order valence-electron chi connectivity index (χ0n) is 40.2. The van der Waals surface area contributed by atoms with Crippen LogP contribution >= 0.6 is 15.6 Å². The van der Waals surface area contributed by atoms with E-state index >= 15 is 0 Å². The number of phosphoric acid groups is 2. The highest BCUT2D eigenvalue weighted by molar-refractivity contribution is 7.47. The van der Waals surface area contributed by atoms with Gasteiger partial charge in [-0.3, -0.25) is 23.2 Å². The average molecular weight is 1010 g/mol. The largest absolute Gasteiger partial charge is 0.472 e. The third-order valence-corrected chi connectivity index (χ3v) is 12.7. The van der Waals surface area contributed by atoms with Crippen molar-refractivity contribution < 1.29 is 81.6 Å². The van der Waals surface area contributed by atoms with Gasteiger partial charge in [-0.05, 0) is 77.0 Å². The first-order valence-electron chi connectivity index (χ1n) is 24.6. The number of carbonyl (C=O) groups excluding carboxylic acids is 2. The van der Waals surface area contributed by atoms with Crippen LogP contribution in [0.3, 0.4) is 0 Å². The molecule has 1 aliphatic heterocycles. The molecular formula is C49H82O17P2. The van der Waals surface area contributed by atoms with Crippen molar-refractivity contribution >= 4 is 27.6 Å². The van der Waals surface area contributed by atoms with E-state index in [4.69, 9.17) is 23.3 Å². The summed E-state index contributed by atoms with van der Waals surface area (Å²) in [5, 5.41) is 41.3. The van der Waals surface area contributed by atoms with Crippen molar-refractivity contribution in [2.75, 3.05) is 13.2 Å². The fourth-order valence-electron chi connectivity index (χ4n) is 7.25. The molecule has 2 rings (SSSR count). The fraction of sp³-hybridized carbons (Fsp3) is 0.714. The average Bonchev–Trinajstić information content (AvgIpc) is 4.05. The van der Waals surface area contributed by atoms with Gasteiger partial charge in [-0.25, -0.2) is 9.13 Å². The molecule has 1 heterocycles. The maximum Gasteiger partial charge on any atom is 0.472 e. The van der Waals surface area contributed by atoms with Crippen LogP contribution in [0.25, 0.3) is 0 Å². The van der Waals surface area contributed by atoms with Gasteiger partial charge < -0.3 is 49.3 Å². The summed E-state index contributed by atoms with van der Waals surface area (Å²) in [6.07, 6.45) is 30.4. The molecule has 7 N–H and O–H groups in total. The van der Waals surface area contributed by atoms with Crippen molar-refractivity contribution in [1.82, 2.24) is 0 Å². The van der Waals surface area contributed by atoms with Crippen molar-refractivity contribution in [2.24, 2.45) is 0 Å². The molecule has 0 aromatic heterocycles. The Morgan fingerprint density at radius 3 is 1.66 bits per heavy atom. The minimum Gasteiger partial charge on any atom is -0.462 e. The first kappa shape index (κ1) is 61.5. The standard InChI is InChI=1S/C49H82O17P2/c1-3-5-7-8-9-10-11-12-13-14-15-16-17-18-19-20-24-27-31-35-42(50)61-37-39(38-62-68(59,60)66-49-46(54)44(52)45(53)48(47(49)55)65-67(56,57)58)63-43(51)36-32-28-25-22-21-23-26-30-34-41-40(64-41)33-29-6-4-2/h9-10,12-13,15-16,18-19,24,26-27,30,39-41,44-49,52-55H,3-8,11,14,17,20-23,25,28-29,31-38H2,1-2H3,(H,59,60)(H2,56,57,58)/b10-9-,13-12-,16-15-,19-18-,27-24-,30-26-/t39-,40?,41?,44?,45?,46?,47?,48-,49+/m1/s1. The second-order valence-electron chi connectivity index (χ2n) is 17.2. The highest BCUT2D eigenvalue weighted by atomic mass is 31.2. The first-order chi connectivity index (χ1) is 32.6. The number of hydrogen-bond donors (Lipinski definition) is 7. The van der Waals surface area contributed by atoms with Crippen LogP contribution in [0.15, 0.2) is 72.9 Å². The zero-order valence-corrected chi connectivity index (χ0v) is 42.0. The molecule has 0 amide bonds. The van der Waals surface area contributed by atoms with Crippen molar-refractivity contribution in [3.63, 3.8) is 0 Å². The maximum absolute atomic E-state index is 13.0. The summed E-state index contributed by atoms with van der Waals surface area (Å²) >= 11 is 0. The van der Waals surface area contributed by atoms with Gasteiger partial charge in [0.05, 0.1) is 18.8 Å². The van der Waals surface area contributed by atoms with Crippen LogP contribution in [0.2, 0.25) is 0 Å². The number of unbranched alkanes of at least 4 members (excludes halogenated alkanes) is 10. The zero-order chi connectivity index (χ0) is 50.0. The molecule has 2 fully saturated rings. The third-order valence-electron chi connectivity index (χ3n) is 11.2. The Labute approximate surface area is 404 Å². The van der Waals surface area contributed by atoms with E-state index in [1.165, 1.54) is 38.5 Å². The molecule has 2 aliphatic rings. The monoisotopic (exact) mass is 1000 g/mol. The van der Waals surface area contributed by atoms with Crippen LogP contribution in [-0.2, 0) is 46.5 Å². The minimum absolute atomic E-state index is 0.00428. The van der Waals surface area contributed by atoms with Gasteiger partial charge in [0.2, 0.25) is 0 Å². The van der Waals surface area contributed by atoms with Gasteiger partial charge in [-0.1, -0.05) is 138 Å². The van der Waals surface area contributed by atoms with Crippen LogP contribution in [0.5, 0.6) is 0 Å². The van der Waals surface area contributed by atoms with E-state index in [0.717, 1.165) is 70.6 Å². The summed E-state index contributed by atoms with van der Waals surface area (Å²) in [6.45, 7) is 2.97. The van der Waals surface area contributed by atoms with E-state index in [2.05, 4.69) is 73.1 Å². The molecule has 1 aliphatic carbocycles. The van der Waals surface area contributed by atoms with Crippen molar-refractivity contribution in [3.8, 4) is 0 Å². The number of hydrogen-bond acceptors (Lipinski definition) is 14. The van der Waals surface area contributed by atoms with Crippen LogP contribution in [0.1, 0.15) is 155 Å². The summed E-state index contributed by atoms with van der Waals surface area (Å²) in [5.74, 6) is -1.33. The fourth-order valence-corrected chi connectivity index (χ4v) is 8.79. The van der Waals surface area contributed by atoms with Gasteiger partial charge in [0.15, 0.2) is 6.10 Å². The number of allylic oxidation sites excluding steroid dienone is 11. The molecule has 0 spiro atoms. The second-order valence-corrected chi connectivity index (χ2v) is 19.8.